The maximum Gasteiger partial charge on any atom is 0.0811 e. The Morgan fingerprint density at radius 3 is 2.38 bits per heavy atom. The second kappa shape index (κ2) is 4.30. The molecule has 1 saturated heterocycles. The first-order valence-corrected chi connectivity index (χ1v) is 6.88. The lowest BCUT2D eigenvalue weighted by atomic mass is 9.70. The fraction of sp³-hybridized carbons (Fsp3) is 1.00. The van der Waals surface area contributed by atoms with Crippen LogP contribution in [-0.2, 0) is 4.74 Å². The molecule has 2 rings (SSSR count). The van der Waals surface area contributed by atoms with Crippen molar-refractivity contribution in [2.75, 3.05) is 6.54 Å². The molecule has 0 aromatic heterocycles. The van der Waals surface area contributed by atoms with Gasteiger partial charge in [0.2, 0.25) is 0 Å². The second-order valence-electron chi connectivity index (χ2n) is 6.58. The van der Waals surface area contributed by atoms with Gasteiger partial charge in [-0.25, -0.2) is 0 Å². The molecular formula is C14H27NO. The Labute approximate surface area is 100 Å². The van der Waals surface area contributed by atoms with E-state index in [1.54, 1.807) is 0 Å². The molecule has 94 valence electrons. The lowest BCUT2D eigenvalue weighted by molar-refractivity contribution is -0.159. The maximum absolute atomic E-state index is 6.41. The molecule has 2 heteroatoms. The van der Waals surface area contributed by atoms with Gasteiger partial charge >= 0.3 is 0 Å². The van der Waals surface area contributed by atoms with Crippen molar-refractivity contribution in [2.24, 2.45) is 5.41 Å². The van der Waals surface area contributed by atoms with Crippen molar-refractivity contribution in [1.82, 2.24) is 5.32 Å². The minimum atomic E-state index is 0.155. The summed E-state index contributed by atoms with van der Waals surface area (Å²) >= 11 is 0. The zero-order valence-corrected chi connectivity index (χ0v) is 11.3. The van der Waals surface area contributed by atoms with Crippen LogP contribution in [0.25, 0.3) is 0 Å². The molecule has 1 N–H and O–H groups in total. The fourth-order valence-corrected chi connectivity index (χ4v) is 3.06. The van der Waals surface area contributed by atoms with Crippen LogP contribution in [0.3, 0.4) is 0 Å². The predicted octanol–water partition coefficient (Wildman–Crippen LogP) is 3.11. The van der Waals surface area contributed by atoms with Crippen molar-refractivity contribution in [1.29, 1.82) is 0 Å². The Hall–Kier alpha value is -0.0800. The molecule has 1 saturated carbocycles. The Morgan fingerprint density at radius 1 is 1.19 bits per heavy atom. The van der Waals surface area contributed by atoms with Crippen LogP contribution in [0.1, 0.15) is 59.8 Å². The maximum atomic E-state index is 6.41. The Kier molecular flexibility index (Phi) is 3.33. The van der Waals surface area contributed by atoms with Gasteiger partial charge in [0, 0.05) is 12.6 Å². The van der Waals surface area contributed by atoms with Gasteiger partial charge in [-0.2, -0.15) is 0 Å². The van der Waals surface area contributed by atoms with E-state index in [2.05, 4.69) is 33.0 Å². The first kappa shape index (κ1) is 12.4. The average molecular weight is 225 g/mol. The third-order valence-corrected chi connectivity index (χ3v) is 4.62. The van der Waals surface area contributed by atoms with E-state index < -0.39 is 0 Å². The van der Waals surface area contributed by atoms with Crippen LogP contribution in [-0.4, -0.2) is 24.3 Å². The van der Waals surface area contributed by atoms with Crippen LogP contribution in [0.2, 0.25) is 0 Å². The van der Waals surface area contributed by atoms with Crippen molar-refractivity contribution >= 4 is 0 Å². The summed E-state index contributed by atoms with van der Waals surface area (Å²) in [6.45, 7) is 10.3. The van der Waals surface area contributed by atoms with Crippen LogP contribution in [0, 0.1) is 5.41 Å². The largest absolute Gasteiger partial charge is 0.369 e. The molecule has 2 nitrogen and oxygen atoms in total. The van der Waals surface area contributed by atoms with Crippen molar-refractivity contribution in [3.8, 4) is 0 Å². The summed E-state index contributed by atoms with van der Waals surface area (Å²) in [6, 6.07) is 0.519. The average Bonchev–Trinajstić information content (AvgIpc) is 2.26. The predicted molar refractivity (Wildman–Crippen MR) is 67.6 cm³/mol. The summed E-state index contributed by atoms with van der Waals surface area (Å²) in [6.07, 6.45) is 6.61. The molecule has 1 aliphatic carbocycles. The molecule has 1 spiro atoms. The monoisotopic (exact) mass is 225 g/mol. The minimum Gasteiger partial charge on any atom is -0.369 e. The van der Waals surface area contributed by atoms with Crippen molar-refractivity contribution < 1.29 is 4.74 Å². The number of nitrogens with one attached hydrogen (secondary N) is 1. The summed E-state index contributed by atoms with van der Waals surface area (Å²) in [5.74, 6) is 0. The zero-order chi connectivity index (χ0) is 11.8. The van der Waals surface area contributed by atoms with Gasteiger partial charge < -0.3 is 10.1 Å². The Bertz CT molecular complexity index is 239. The van der Waals surface area contributed by atoms with Gasteiger partial charge in [0.15, 0.2) is 0 Å². The molecule has 16 heavy (non-hydrogen) atoms. The highest BCUT2D eigenvalue weighted by atomic mass is 16.5. The van der Waals surface area contributed by atoms with Crippen molar-refractivity contribution in [3.63, 3.8) is 0 Å². The lowest BCUT2D eigenvalue weighted by Gasteiger charge is -2.49. The zero-order valence-electron chi connectivity index (χ0n) is 11.3. The van der Waals surface area contributed by atoms with Gasteiger partial charge in [-0.05, 0) is 44.4 Å². The molecule has 1 aliphatic heterocycles. The van der Waals surface area contributed by atoms with Crippen molar-refractivity contribution in [3.05, 3.63) is 0 Å². The number of hydrogen-bond donors (Lipinski definition) is 1. The van der Waals surface area contributed by atoms with Gasteiger partial charge in [-0.15, -0.1) is 0 Å². The normalized spacial score (nSPS) is 37.5. The third kappa shape index (κ3) is 2.43. The summed E-state index contributed by atoms with van der Waals surface area (Å²) in [5.41, 5.74) is 0.683. The molecule has 0 bridgehead atoms. The smallest absolute Gasteiger partial charge is 0.0811 e. The highest BCUT2D eigenvalue weighted by Crippen LogP contribution is 2.43. The van der Waals surface area contributed by atoms with Gasteiger partial charge in [0.1, 0.15) is 0 Å². The highest BCUT2D eigenvalue weighted by molar-refractivity contribution is 4.97. The first-order valence-electron chi connectivity index (χ1n) is 6.88. The molecule has 0 aromatic carbocycles. The topological polar surface area (TPSA) is 21.3 Å². The molecule has 0 radical (unpaired) electrons. The fourth-order valence-electron chi connectivity index (χ4n) is 3.06. The molecule has 2 atom stereocenters. The summed E-state index contributed by atoms with van der Waals surface area (Å²) < 4.78 is 6.41. The van der Waals surface area contributed by atoms with Crippen molar-refractivity contribution in [2.45, 2.75) is 77.5 Å². The quantitative estimate of drug-likeness (QED) is 0.740. The van der Waals surface area contributed by atoms with E-state index in [-0.39, 0.29) is 5.60 Å². The first-order chi connectivity index (χ1) is 7.46. The van der Waals surface area contributed by atoms with Crippen LogP contribution in [0.5, 0.6) is 0 Å². The lowest BCUT2D eigenvalue weighted by Crippen LogP contribution is -2.59. The minimum absolute atomic E-state index is 0.155. The molecule has 0 amide bonds. The van der Waals surface area contributed by atoms with E-state index >= 15 is 0 Å². The third-order valence-electron chi connectivity index (χ3n) is 4.62. The van der Waals surface area contributed by atoms with Crippen LogP contribution in [0.15, 0.2) is 0 Å². The van der Waals surface area contributed by atoms with Crippen LogP contribution >= 0.6 is 0 Å². The van der Waals surface area contributed by atoms with Gasteiger partial charge in [-0.3, -0.25) is 0 Å². The second-order valence-corrected chi connectivity index (χ2v) is 6.58. The molecule has 2 fully saturated rings. The van der Waals surface area contributed by atoms with Gasteiger partial charge in [-0.1, -0.05) is 20.8 Å². The van der Waals surface area contributed by atoms with E-state index in [1.165, 1.54) is 25.7 Å². The van der Waals surface area contributed by atoms with E-state index in [0.717, 1.165) is 13.0 Å². The summed E-state index contributed by atoms with van der Waals surface area (Å²) in [5, 5.41) is 3.65. The Balaban J connectivity index is 1.99. The van der Waals surface area contributed by atoms with E-state index in [9.17, 15) is 0 Å². The van der Waals surface area contributed by atoms with Crippen LogP contribution in [0.4, 0.5) is 0 Å². The van der Waals surface area contributed by atoms with Gasteiger partial charge in [0.25, 0.3) is 0 Å². The SMILES string of the molecule is CCC1OC2(CCC(C)(C)CC2)CNC1C. The van der Waals surface area contributed by atoms with E-state index in [1.807, 2.05) is 0 Å². The van der Waals surface area contributed by atoms with E-state index in [4.69, 9.17) is 4.74 Å². The summed E-state index contributed by atoms with van der Waals surface area (Å²) in [7, 11) is 0. The number of hydrogen-bond acceptors (Lipinski definition) is 2. The highest BCUT2D eigenvalue weighted by Gasteiger charge is 2.43. The summed E-state index contributed by atoms with van der Waals surface area (Å²) in [4.78, 5) is 0. The molecular weight excluding hydrogens is 198 g/mol. The van der Waals surface area contributed by atoms with E-state index in [0.29, 0.717) is 17.6 Å². The number of rotatable bonds is 1. The molecule has 0 aromatic rings. The number of morpholine rings is 1. The van der Waals surface area contributed by atoms with Gasteiger partial charge in [0.05, 0.1) is 11.7 Å². The number of ether oxygens (including phenoxy) is 1. The standard InChI is InChI=1S/C14H27NO/c1-5-12-11(2)15-10-14(16-12)8-6-13(3,4)7-9-14/h11-12,15H,5-10H2,1-4H3. The molecule has 2 aliphatic rings. The van der Waals surface area contributed by atoms with Crippen LogP contribution < -0.4 is 5.32 Å². The molecule has 2 unspecified atom stereocenters. The Morgan fingerprint density at radius 2 is 1.81 bits per heavy atom. The molecule has 1 heterocycles.